The SMILES string of the molecule is NC(=O)C1(NC2CC2)CCC(Sc2ccccc2F)C1. The zero-order chi connectivity index (χ0) is 14.2. The lowest BCUT2D eigenvalue weighted by molar-refractivity contribution is -0.124. The molecular weight excluding hydrogens is 275 g/mol. The minimum absolute atomic E-state index is 0.191. The Hall–Kier alpha value is -1.07. The van der Waals surface area contributed by atoms with Crippen molar-refractivity contribution < 1.29 is 9.18 Å². The maximum Gasteiger partial charge on any atom is 0.237 e. The second kappa shape index (κ2) is 5.37. The van der Waals surface area contributed by atoms with E-state index in [9.17, 15) is 9.18 Å². The van der Waals surface area contributed by atoms with Crippen LogP contribution in [-0.4, -0.2) is 22.7 Å². The molecule has 0 heterocycles. The topological polar surface area (TPSA) is 55.1 Å². The van der Waals surface area contributed by atoms with Crippen molar-refractivity contribution in [3.63, 3.8) is 0 Å². The first kappa shape index (κ1) is 13.9. The molecule has 0 saturated heterocycles. The Morgan fingerprint density at radius 1 is 1.35 bits per heavy atom. The molecule has 108 valence electrons. The third-order valence-electron chi connectivity index (χ3n) is 4.13. The summed E-state index contributed by atoms with van der Waals surface area (Å²) in [4.78, 5) is 12.5. The molecule has 3 rings (SSSR count). The first-order valence-corrected chi connectivity index (χ1v) is 7.96. The zero-order valence-corrected chi connectivity index (χ0v) is 12.1. The minimum Gasteiger partial charge on any atom is -0.368 e. The predicted molar refractivity (Wildman–Crippen MR) is 78.0 cm³/mol. The molecule has 0 spiro atoms. The summed E-state index contributed by atoms with van der Waals surface area (Å²) < 4.78 is 13.7. The summed E-state index contributed by atoms with van der Waals surface area (Å²) in [5.41, 5.74) is 5.03. The number of nitrogens with two attached hydrogens (primary N) is 1. The fraction of sp³-hybridized carbons (Fsp3) is 0.533. The van der Waals surface area contributed by atoms with Crippen LogP contribution in [0, 0.1) is 5.82 Å². The Balaban J connectivity index is 1.68. The van der Waals surface area contributed by atoms with Gasteiger partial charge in [-0.15, -0.1) is 11.8 Å². The Morgan fingerprint density at radius 2 is 2.10 bits per heavy atom. The average Bonchev–Trinajstić information content (AvgIpc) is 3.12. The summed E-state index contributed by atoms with van der Waals surface area (Å²) in [7, 11) is 0. The molecule has 1 amide bonds. The quantitative estimate of drug-likeness (QED) is 0.877. The third-order valence-corrected chi connectivity index (χ3v) is 5.45. The van der Waals surface area contributed by atoms with Crippen LogP contribution < -0.4 is 11.1 Å². The zero-order valence-electron chi connectivity index (χ0n) is 11.3. The van der Waals surface area contributed by atoms with Crippen LogP contribution in [0.3, 0.4) is 0 Å². The first-order valence-electron chi connectivity index (χ1n) is 7.08. The highest BCUT2D eigenvalue weighted by Gasteiger charge is 2.47. The van der Waals surface area contributed by atoms with E-state index in [2.05, 4.69) is 5.32 Å². The molecule has 0 bridgehead atoms. The van der Waals surface area contributed by atoms with Crippen molar-refractivity contribution in [3.8, 4) is 0 Å². The highest BCUT2D eigenvalue weighted by molar-refractivity contribution is 8.00. The molecule has 20 heavy (non-hydrogen) atoms. The van der Waals surface area contributed by atoms with Crippen LogP contribution >= 0.6 is 11.8 Å². The molecule has 0 radical (unpaired) electrons. The van der Waals surface area contributed by atoms with Crippen molar-refractivity contribution >= 4 is 17.7 Å². The summed E-state index contributed by atoms with van der Waals surface area (Å²) in [6, 6.07) is 7.24. The molecule has 2 saturated carbocycles. The van der Waals surface area contributed by atoms with Gasteiger partial charge in [0.05, 0.1) is 5.54 Å². The molecule has 3 nitrogen and oxygen atoms in total. The summed E-state index contributed by atoms with van der Waals surface area (Å²) in [6.45, 7) is 0. The van der Waals surface area contributed by atoms with Gasteiger partial charge in [0.2, 0.25) is 5.91 Å². The second-order valence-corrected chi connectivity index (χ2v) is 7.12. The van der Waals surface area contributed by atoms with Gasteiger partial charge >= 0.3 is 0 Å². The smallest absolute Gasteiger partial charge is 0.237 e. The lowest BCUT2D eigenvalue weighted by Gasteiger charge is -2.27. The average molecular weight is 294 g/mol. The number of carbonyl (C=O) groups excluding carboxylic acids is 1. The number of hydrogen-bond donors (Lipinski definition) is 2. The highest BCUT2D eigenvalue weighted by atomic mass is 32.2. The van der Waals surface area contributed by atoms with Crippen LogP contribution in [0.25, 0.3) is 0 Å². The van der Waals surface area contributed by atoms with E-state index in [1.54, 1.807) is 12.1 Å². The van der Waals surface area contributed by atoms with Crippen LogP contribution in [0.15, 0.2) is 29.2 Å². The van der Waals surface area contributed by atoms with Crippen LogP contribution in [0.1, 0.15) is 32.1 Å². The first-order chi connectivity index (χ1) is 9.59. The molecule has 0 aliphatic heterocycles. The normalized spacial score (nSPS) is 29.6. The fourth-order valence-corrected chi connectivity index (χ4v) is 4.17. The predicted octanol–water partition coefficient (Wildman–Crippen LogP) is 2.45. The van der Waals surface area contributed by atoms with E-state index < -0.39 is 5.54 Å². The number of amides is 1. The van der Waals surface area contributed by atoms with E-state index in [-0.39, 0.29) is 17.0 Å². The fourth-order valence-electron chi connectivity index (χ4n) is 2.87. The Morgan fingerprint density at radius 3 is 2.75 bits per heavy atom. The number of rotatable bonds is 5. The van der Waals surface area contributed by atoms with Gasteiger partial charge in [0, 0.05) is 16.2 Å². The van der Waals surface area contributed by atoms with Crippen molar-refractivity contribution in [1.29, 1.82) is 0 Å². The summed E-state index contributed by atoms with van der Waals surface area (Å²) in [6.07, 6.45) is 4.59. The van der Waals surface area contributed by atoms with Gasteiger partial charge in [0.15, 0.2) is 0 Å². The molecule has 5 heteroatoms. The number of halogens is 1. The molecule has 2 atom stereocenters. The monoisotopic (exact) mass is 294 g/mol. The van der Waals surface area contributed by atoms with E-state index >= 15 is 0 Å². The number of primary amides is 1. The molecule has 1 aromatic rings. The van der Waals surface area contributed by atoms with Crippen molar-refractivity contribution in [2.75, 3.05) is 0 Å². The molecule has 3 N–H and O–H groups in total. The van der Waals surface area contributed by atoms with Gasteiger partial charge in [-0.3, -0.25) is 4.79 Å². The lowest BCUT2D eigenvalue weighted by atomic mass is 9.96. The van der Waals surface area contributed by atoms with Crippen LogP contribution in [-0.2, 0) is 4.79 Å². The summed E-state index contributed by atoms with van der Waals surface area (Å²) >= 11 is 1.52. The van der Waals surface area contributed by atoms with Crippen LogP contribution in [0.5, 0.6) is 0 Å². The van der Waals surface area contributed by atoms with E-state index in [0.29, 0.717) is 17.4 Å². The van der Waals surface area contributed by atoms with Crippen molar-refractivity contribution in [2.45, 2.75) is 53.8 Å². The van der Waals surface area contributed by atoms with E-state index in [1.807, 2.05) is 6.07 Å². The number of nitrogens with one attached hydrogen (secondary N) is 1. The van der Waals surface area contributed by atoms with Gasteiger partial charge in [-0.05, 0) is 44.2 Å². The maximum atomic E-state index is 13.7. The molecule has 2 aliphatic rings. The number of carbonyl (C=O) groups is 1. The molecule has 2 aliphatic carbocycles. The Bertz CT molecular complexity index is 520. The Kier molecular flexibility index (Phi) is 3.73. The Labute approximate surface area is 122 Å². The number of hydrogen-bond acceptors (Lipinski definition) is 3. The van der Waals surface area contributed by atoms with E-state index in [4.69, 9.17) is 5.73 Å². The van der Waals surface area contributed by atoms with Gasteiger partial charge in [-0.2, -0.15) is 0 Å². The van der Waals surface area contributed by atoms with Crippen LogP contribution in [0.2, 0.25) is 0 Å². The maximum absolute atomic E-state index is 13.7. The van der Waals surface area contributed by atoms with Gasteiger partial charge in [0.25, 0.3) is 0 Å². The summed E-state index contributed by atoms with van der Waals surface area (Å²) in [5, 5.41) is 3.66. The number of benzene rings is 1. The third kappa shape index (κ3) is 2.83. The van der Waals surface area contributed by atoms with Crippen molar-refractivity contribution in [1.82, 2.24) is 5.32 Å². The molecule has 2 fully saturated rings. The molecular formula is C15H19FN2OS. The van der Waals surface area contributed by atoms with E-state index in [0.717, 1.165) is 25.7 Å². The van der Waals surface area contributed by atoms with Crippen molar-refractivity contribution in [2.24, 2.45) is 5.73 Å². The molecule has 0 aromatic heterocycles. The van der Waals surface area contributed by atoms with Crippen molar-refractivity contribution in [3.05, 3.63) is 30.1 Å². The standard InChI is InChI=1S/C15H19FN2OS/c16-12-3-1-2-4-13(12)20-11-7-8-15(9-11,14(17)19)18-10-5-6-10/h1-4,10-11,18H,5-9H2,(H2,17,19). The van der Waals surface area contributed by atoms with Gasteiger partial charge < -0.3 is 11.1 Å². The lowest BCUT2D eigenvalue weighted by Crippen LogP contribution is -2.54. The largest absolute Gasteiger partial charge is 0.368 e. The molecule has 2 unspecified atom stereocenters. The van der Waals surface area contributed by atoms with Gasteiger partial charge in [-0.1, -0.05) is 12.1 Å². The minimum atomic E-state index is -0.579. The summed E-state index contributed by atoms with van der Waals surface area (Å²) in [5.74, 6) is -0.453. The van der Waals surface area contributed by atoms with Crippen LogP contribution in [0.4, 0.5) is 4.39 Å². The molecule has 1 aromatic carbocycles. The number of thioether (sulfide) groups is 1. The second-order valence-electron chi connectivity index (χ2n) is 5.78. The van der Waals surface area contributed by atoms with E-state index in [1.165, 1.54) is 17.8 Å². The van der Waals surface area contributed by atoms with Gasteiger partial charge in [0.1, 0.15) is 5.82 Å². The highest BCUT2D eigenvalue weighted by Crippen LogP contribution is 2.42. The van der Waals surface area contributed by atoms with Gasteiger partial charge in [-0.25, -0.2) is 4.39 Å².